The summed E-state index contributed by atoms with van der Waals surface area (Å²) in [5.74, 6) is 0. The standard InChI is InChI=1S/C15H34O6Si2/c1-7-16-22(17-8-2,18-9-3)14-13-15-23(19-10-4,20-11-5)21-12-6/h13-14H,7-12,15H2,1-6H3. The van der Waals surface area contributed by atoms with Crippen LogP contribution in [0.15, 0.2) is 11.8 Å². The minimum atomic E-state index is -2.79. The molecule has 0 N–H and O–H groups in total. The molecule has 0 aromatic carbocycles. The quantitative estimate of drug-likeness (QED) is 0.415. The molecule has 0 amide bonds. The Morgan fingerprint density at radius 3 is 1.22 bits per heavy atom. The molecule has 0 atom stereocenters. The van der Waals surface area contributed by atoms with Crippen LogP contribution in [0.3, 0.4) is 0 Å². The van der Waals surface area contributed by atoms with E-state index in [1.165, 1.54) is 0 Å². The zero-order valence-electron chi connectivity index (χ0n) is 15.6. The van der Waals surface area contributed by atoms with Gasteiger partial charge in [0, 0.05) is 45.7 Å². The van der Waals surface area contributed by atoms with E-state index in [9.17, 15) is 0 Å². The van der Waals surface area contributed by atoms with Gasteiger partial charge in [-0.05, 0) is 47.2 Å². The third kappa shape index (κ3) is 8.55. The number of allylic oxidation sites excluding steroid dienone is 1. The van der Waals surface area contributed by atoms with Gasteiger partial charge in [0.05, 0.1) is 0 Å². The first kappa shape index (κ1) is 22.9. The van der Waals surface area contributed by atoms with Crippen LogP contribution >= 0.6 is 0 Å². The minimum Gasteiger partial charge on any atom is -0.374 e. The molecule has 6 nitrogen and oxygen atoms in total. The van der Waals surface area contributed by atoms with E-state index in [0.717, 1.165) is 0 Å². The largest absolute Gasteiger partial charge is 0.529 e. The van der Waals surface area contributed by atoms with Crippen LogP contribution in [0.1, 0.15) is 41.5 Å². The first-order valence-corrected chi connectivity index (χ1v) is 12.3. The van der Waals surface area contributed by atoms with Gasteiger partial charge in [0.2, 0.25) is 0 Å². The maximum absolute atomic E-state index is 5.84. The van der Waals surface area contributed by atoms with Crippen molar-refractivity contribution in [2.45, 2.75) is 47.6 Å². The van der Waals surface area contributed by atoms with Crippen LogP contribution in [-0.4, -0.2) is 57.3 Å². The van der Waals surface area contributed by atoms with Crippen molar-refractivity contribution < 1.29 is 26.6 Å². The van der Waals surface area contributed by atoms with Crippen molar-refractivity contribution in [3.63, 3.8) is 0 Å². The fraction of sp³-hybridized carbons (Fsp3) is 0.867. The van der Waals surface area contributed by atoms with Crippen LogP contribution in [0, 0.1) is 0 Å². The molecule has 0 saturated heterocycles. The Morgan fingerprint density at radius 1 is 0.565 bits per heavy atom. The third-order valence-corrected chi connectivity index (χ3v) is 8.46. The highest BCUT2D eigenvalue weighted by Gasteiger charge is 2.41. The Morgan fingerprint density at radius 2 is 0.913 bits per heavy atom. The lowest BCUT2D eigenvalue weighted by Crippen LogP contribution is -2.47. The van der Waals surface area contributed by atoms with Gasteiger partial charge in [-0.25, -0.2) is 0 Å². The topological polar surface area (TPSA) is 55.4 Å². The van der Waals surface area contributed by atoms with E-state index in [-0.39, 0.29) is 0 Å². The van der Waals surface area contributed by atoms with Crippen molar-refractivity contribution in [1.29, 1.82) is 0 Å². The molecule has 138 valence electrons. The van der Waals surface area contributed by atoms with Gasteiger partial charge < -0.3 is 26.6 Å². The summed E-state index contributed by atoms with van der Waals surface area (Å²) in [7, 11) is -5.48. The number of hydrogen-bond donors (Lipinski definition) is 0. The molecule has 0 radical (unpaired) electrons. The van der Waals surface area contributed by atoms with Crippen molar-refractivity contribution in [2.75, 3.05) is 39.6 Å². The maximum Gasteiger partial charge on any atom is 0.529 e. The zero-order valence-corrected chi connectivity index (χ0v) is 17.6. The van der Waals surface area contributed by atoms with E-state index in [2.05, 4.69) is 0 Å². The van der Waals surface area contributed by atoms with Gasteiger partial charge in [-0.2, -0.15) is 0 Å². The van der Waals surface area contributed by atoms with Crippen molar-refractivity contribution in [3.8, 4) is 0 Å². The van der Waals surface area contributed by atoms with Crippen LogP contribution in [0.2, 0.25) is 6.04 Å². The molecule has 0 rings (SSSR count). The molecule has 0 aromatic heterocycles. The molecular weight excluding hydrogens is 332 g/mol. The summed E-state index contributed by atoms with van der Waals surface area (Å²) in [5, 5.41) is 0. The van der Waals surface area contributed by atoms with Gasteiger partial charge in [-0.3, -0.25) is 0 Å². The molecule has 0 bridgehead atoms. The molecule has 0 fully saturated rings. The van der Waals surface area contributed by atoms with E-state index in [4.69, 9.17) is 26.6 Å². The third-order valence-electron chi connectivity index (χ3n) is 2.82. The van der Waals surface area contributed by atoms with Crippen molar-refractivity contribution >= 4 is 17.6 Å². The molecule has 0 aliphatic carbocycles. The first-order valence-electron chi connectivity index (χ1n) is 8.58. The van der Waals surface area contributed by atoms with Gasteiger partial charge in [0.25, 0.3) is 0 Å². The Hall–Kier alpha value is -0.0662. The van der Waals surface area contributed by atoms with E-state index in [1.54, 1.807) is 0 Å². The lowest BCUT2D eigenvalue weighted by atomic mass is 10.8. The molecule has 0 aromatic rings. The summed E-state index contributed by atoms with van der Waals surface area (Å²) in [5.41, 5.74) is 1.92. The highest BCUT2D eigenvalue weighted by Crippen LogP contribution is 2.19. The van der Waals surface area contributed by atoms with Gasteiger partial charge in [0.15, 0.2) is 0 Å². The van der Waals surface area contributed by atoms with Crippen LogP contribution < -0.4 is 0 Å². The molecule has 0 saturated carbocycles. The summed E-state index contributed by atoms with van der Waals surface area (Å²) in [6.45, 7) is 15.0. The Kier molecular flexibility index (Phi) is 13.2. The number of rotatable bonds is 15. The maximum atomic E-state index is 5.84. The minimum absolute atomic E-state index is 0.543. The molecule has 0 spiro atoms. The predicted molar refractivity (Wildman–Crippen MR) is 95.2 cm³/mol. The SMILES string of the molecule is CCO[Si](C=CC[Si](OCC)(OCC)OCC)(OCC)OCC. The van der Waals surface area contributed by atoms with Crippen LogP contribution in [0.25, 0.3) is 0 Å². The van der Waals surface area contributed by atoms with Crippen LogP contribution in [0.4, 0.5) is 0 Å². The first-order chi connectivity index (χ1) is 11.1. The highest BCUT2D eigenvalue weighted by atomic mass is 28.4. The zero-order chi connectivity index (χ0) is 17.6. The van der Waals surface area contributed by atoms with Crippen molar-refractivity contribution in [2.24, 2.45) is 0 Å². The Labute approximate surface area is 143 Å². The molecule has 23 heavy (non-hydrogen) atoms. The van der Waals surface area contributed by atoms with Gasteiger partial charge in [-0.1, -0.05) is 6.08 Å². The lowest BCUT2D eigenvalue weighted by molar-refractivity contribution is 0.0741. The fourth-order valence-corrected chi connectivity index (χ4v) is 6.90. The van der Waals surface area contributed by atoms with Gasteiger partial charge >= 0.3 is 17.6 Å². The summed E-state index contributed by atoms with van der Waals surface area (Å²) >= 11 is 0. The summed E-state index contributed by atoms with van der Waals surface area (Å²) in [6.07, 6.45) is 1.97. The summed E-state index contributed by atoms with van der Waals surface area (Å²) in [4.78, 5) is 0. The molecule has 0 unspecified atom stereocenters. The van der Waals surface area contributed by atoms with Crippen molar-refractivity contribution in [3.05, 3.63) is 11.8 Å². The second-order valence-corrected chi connectivity index (χ2v) is 9.54. The van der Waals surface area contributed by atoms with E-state index >= 15 is 0 Å². The Balaban J connectivity index is 5.13. The highest BCUT2D eigenvalue weighted by molar-refractivity contribution is 6.67. The van der Waals surface area contributed by atoms with Crippen LogP contribution in [-0.2, 0) is 26.6 Å². The van der Waals surface area contributed by atoms with Gasteiger partial charge in [0.1, 0.15) is 0 Å². The second kappa shape index (κ2) is 13.2. The van der Waals surface area contributed by atoms with Crippen LogP contribution in [0.5, 0.6) is 0 Å². The number of hydrogen-bond acceptors (Lipinski definition) is 6. The summed E-state index contributed by atoms with van der Waals surface area (Å²) < 4.78 is 34.9. The fourth-order valence-electron chi connectivity index (χ4n) is 2.18. The lowest BCUT2D eigenvalue weighted by Gasteiger charge is -2.28. The summed E-state index contributed by atoms with van der Waals surface area (Å²) in [6, 6.07) is 0.574. The normalized spacial score (nSPS) is 13.1. The van der Waals surface area contributed by atoms with Gasteiger partial charge in [-0.15, -0.1) is 0 Å². The Bertz CT molecular complexity index is 280. The van der Waals surface area contributed by atoms with Crippen molar-refractivity contribution in [1.82, 2.24) is 0 Å². The monoisotopic (exact) mass is 366 g/mol. The second-order valence-electron chi connectivity index (χ2n) is 4.49. The predicted octanol–water partition coefficient (Wildman–Crippen LogP) is 3.18. The molecular formula is C15H34O6Si2. The molecule has 0 aliphatic heterocycles. The molecule has 0 heterocycles. The smallest absolute Gasteiger partial charge is 0.374 e. The van der Waals surface area contributed by atoms with E-state index in [1.807, 2.05) is 53.3 Å². The molecule has 0 aliphatic rings. The van der Waals surface area contributed by atoms with E-state index in [0.29, 0.717) is 45.7 Å². The average molecular weight is 367 g/mol. The average Bonchev–Trinajstić information content (AvgIpc) is 2.49. The molecule has 8 heteroatoms. The van der Waals surface area contributed by atoms with E-state index < -0.39 is 17.6 Å².